The van der Waals surface area contributed by atoms with Crippen LogP contribution in [-0.2, 0) is 22.0 Å². The highest BCUT2D eigenvalue weighted by Gasteiger charge is 2.18. The van der Waals surface area contributed by atoms with Crippen molar-refractivity contribution in [3.8, 4) is 0 Å². The topological polar surface area (TPSA) is 109 Å². The molecule has 1 aromatic heterocycles. The van der Waals surface area contributed by atoms with Crippen molar-refractivity contribution in [2.75, 3.05) is 25.9 Å². The third-order valence-corrected chi connectivity index (χ3v) is 3.75. The molecule has 3 N–H and O–H groups in total. The first kappa shape index (κ1) is 20.4. The minimum absolute atomic E-state index is 0.0790. The van der Waals surface area contributed by atoms with Crippen LogP contribution in [0.2, 0.25) is 0 Å². The largest absolute Gasteiger partial charge is 0.443 e. The lowest BCUT2D eigenvalue weighted by Crippen LogP contribution is -2.38. The molecule has 0 radical (unpaired) electrons. The summed E-state index contributed by atoms with van der Waals surface area (Å²) in [7, 11) is -3.14. The minimum atomic E-state index is -3.14. The van der Waals surface area contributed by atoms with E-state index in [9.17, 15) is 8.42 Å². The van der Waals surface area contributed by atoms with Crippen molar-refractivity contribution in [2.45, 2.75) is 46.1 Å². The molecule has 0 saturated carbocycles. The van der Waals surface area contributed by atoms with E-state index in [0.717, 1.165) is 18.6 Å². The molecule has 1 heterocycles. The molecule has 24 heavy (non-hydrogen) atoms. The van der Waals surface area contributed by atoms with Gasteiger partial charge in [0, 0.05) is 25.0 Å². The molecule has 0 amide bonds. The fraction of sp³-hybridized carbons (Fsp3) is 0.733. The molecule has 1 aromatic rings. The van der Waals surface area contributed by atoms with Crippen LogP contribution in [0.1, 0.15) is 45.8 Å². The lowest BCUT2D eigenvalue weighted by molar-refractivity contribution is 0.383. The molecule has 9 heteroatoms. The number of nitrogens with one attached hydrogen (secondary N) is 3. The Morgan fingerprint density at radius 2 is 2.00 bits per heavy atom. The van der Waals surface area contributed by atoms with Crippen LogP contribution < -0.4 is 15.4 Å². The summed E-state index contributed by atoms with van der Waals surface area (Å²) in [6.45, 7) is 10.2. The van der Waals surface area contributed by atoms with Gasteiger partial charge in [0.15, 0.2) is 5.96 Å². The highest BCUT2D eigenvalue weighted by atomic mass is 32.2. The molecule has 0 fully saturated rings. The van der Waals surface area contributed by atoms with Gasteiger partial charge in [-0.25, -0.2) is 23.1 Å². The van der Waals surface area contributed by atoms with Gasteiger partial charge in [0.1, 0.15) is 12.3 Å². The monoisotopic (exact) mass is 359 g/mol. The maximum atomic E-state index is 11.0. The predicted molar refractivity (Wildman–Crippen MR) is 95.5 cm³/mol. The Morgan fingerprint density at radius 1 is 1.29 bits per heavy atom. The van der Waals surface area contributed by atoms with Crippen LogP contribution >= 0.6 is 0 Å². The standard InChI is InChI=1S/C15H29N5O3S/c1-6-16-14(17-8-7-9-20-24(5,21)22)19-11-13-18-10-12(23-13)15(2,3)4/h10,20H,6-9,11H2,1-5H3,(H2,16,17,19). The van der Waals surface area contributed by atoms with E-state index in [1.165, 1.54) is 0 Å². The van der Waals surface area contributed by atoms with Crippen LogP contribution in [0.4, 0.5) is 0 Å². The summed E-state index contributed by atoms with van der Waals surface area (Å²) in [5.74, 6) is 2.04. The van der Waals surface area contributed by atoms with Crippen LogP contribution in [-0.4, -0.2) is 45.3 Å². The maximum absolute atomic E-state index is 11.0. The molecule has 0 aliphatic carbocycles. The maximum Gasteiger partial charge on any atom is 0.216 e. The first-order valence-corrected chi connectivity index (χ1v) is 9.93. The van der Waals surface area contributed by atoms with Crippen molar-refractivity contribution in [2.24, 2.45) is 4.99 Å². The lowest BCUT2D eigenvalue weighted by Gasteiger charge is -2.13. The number of aliphatic imine (C=N–C) groups is 1. The summed E-state index contributed by atoms with van der Waals surface area (Å²) >= 11 is 0. The third kappa shape index (κ3) is 8.30. The summed E-state index contributed by atoms with van der Waals surface area (Å²) in [4.78, 5) is 8.67. The van der Waals surface area contributed by atoms with E-state index in [-0.39, 0.29) is 5.41 Å². The minimum Gasteiger partial charge on any atom is -0.443 e. The van der Waals surface area contributed by atoms with E-state index in [0.29, 0.717) is 37.9 Å². The molecule has 0 aliphatic heterocycles. The molecular weight excluding hydrogens is 330 g/mol. The molecule has 0 saturated heterocycles. The molecule has 0 unspecified atom stereocenters. The van der Waals surface area contributed by atoms with Crippen molar-refractivity contribution in [3.63, 3.8) is 0 Å². The van der Waals surface area contributed by atoms with Crippen molar-refractivity contribution < 1.29 is 12.8 Å². The van der Waals surface area contributed by atoms with E-state index in [2.05, 4.69) is 46.1 Å². The molecule has 138 valence electrons. The molecule has 0 spiro atoms. The van der Waals surface area contributed by atoms with E-state index < -0.39 is 10.0 Å². The normalized spacial score (nSPS) is 13.1. The van der Waals surface area contributed by atoms with Crippen LogP contribution in [0.3, 0.4) is 0 Å². The van der Waals surface area contributed by atoms with Crippen LogP contribution in [0.25, 0.3) is 0 Å². The second-order valence-corrected chi connectivity index (χ2v) is 8.34. The molecular formula is C15H29N5O3S. The number of rotatable bonds is 8. The van der Waals surface area contributed by atoms with Gasteiger partial charge in [-0.3, -0.25) is 0 Å². The summed E-state index contributed by atoms with van der Waals surface area (Å²) < 4.78 is 30.1. The zero-order chi connectivity index (χ0) is 18.2. The Hall–Kier alpha value is -1.61. The van der Waals surface area contributed by atoms with Crippen molar-refractivity contribution in [1.82, 2.24) is 20.3 Å². The molecule has 0 atom stereocenters. The first-order valence-electron chi connectivity index (χ1n) is 8.04. The molecule has 0 aliphatic rings. The van der Waals surface area contributed by atoms with Gasteiger partial charge in [-0.05, 0) is 13.3 Å². The number of guanidine groups is 1. The number of oxazole rings is 1. The van der Waals surface area contributed by atoms with Gasteiger partial charge < -0.3 is 15.1 Å². The Morgan fingerprint density at radius 3 is 2.54 bits per heavy atom. The fourth-order valence-electron chi connectivity index (χ4n) is 1.77. The number of hydrogen-bond acceptors (Lipinski definition) is 5. The lowest BCUT2D eigenvalue weighted by atomic mass is 9.94. The van der Waals surface area contributed by atoms with Gasteiger partial charge >= 0.3 is 0 Å². The highest BCUT2D eigenvalue weighted by Crippen LogP contribution is 2.22. The average molecular weight is 359 g/mol. The van der Waals surface area contributed by atoms with E-state index in [4.69, 9.17) is 4.42 Å². The Labute approximate surface area is 144 Å². The smallest absolute Gasteiger partial charge is 0.216 e. The zero-order valence-electron chi connectivity index (χ0n) is 15.1. The summed E-state index contributed by atoms with van der Waals surface area (Å²) in [5.41, 5.74) is -0.0790. The Kier molecular flexibility index (Phi) is 7.68. The molecule has 8 nitrogen and oxygen atoms in total. The highest BCUT2D eigenvalue weighted by molar-refractivity contribution is 7.88. The number of nitrogens with zero attached hydrogens (tertiary/aromatic N) is 2. The van der Waals surface area contributed by atoms with Crippen LogP contribution in [0.15, 0.2) is 15.6 Å². The summed E-state index contributed by atoms with van der Waals surface area (Å²) in [6, 6.07) is 0. The third-order valence-electron chi connectivity index (χ3n) is 3.02. The quantitative estimate of drug-likeness (QED) is 0.362. The zero-order valence-corrected chi connectivity index (χ0v) is 16.0. The van der Waals surface area contributed by atoms with E-state index in [1.54, 1.807) is 6.20 Å². The fourth-order valence-corrected chi connectivity index (χ4v) is 2.29. The van der Waals surface area contributed by atoms with E-state index in [1.807, 2.05) is 6.92 Å². The van der Waals surface area contributed by atoms with Crippen molar-refractivity contribution in [3.05, 3.63) is 17.8 Å². The predicted octanol–water partition coefficient (Wildman–Crippen LogP) is 0.967. The second kappa shape index (κ2) is 9.03. The van der Waals surface area contributed by atoms with Crippen LogP contribution in [0, 0.1) is 0 Å². The first-order chi connectivity index (χ1) is 11.1. The van der Waals surface area contributed by atoms with Gasteiger partial charge in [0.25, 0.3) is 0 Å². The Balaban J connectivity index is 2.49. The number of aromatic nitrogens is 1. The van der Waals surface area contributed by atoms with Gasteiger partial charge in [-0.15, -0.1) is 0 Å². The second-order valence-electron chi connectivity index (χ2n) is 6.51. The SMILES string of the molecule is CCNC(=NCc1ncc(C(C)(C)C)o1)NCCCNS(C)(=O)=O. The van der Waals surface area contributed by atoms with Gasteiger partial charge in [-0.1, -0.05) is 20.8 Å². The molecule has 1 rings (SSSR count). The van der Waals surface area contributed by atoms with Gasteiger partial charge in [0.2, 0.25) is 15.9 Å². The van der Waals surface area contributed by atoms with Crippen LogP contribution in [0.5, 0.6) is 0 Å². The number of hydrogen-bond donors (Lipinski definition) is 3. The molecule has 0 aromatic carbocycles. The van der Waals surface area contributed by atoms with Crippen molar-refractivity contribution in [1.29, 1.82) is 0 Å². The van der Waals surface area contributed by atoms with Gasteiger partial charge in [-0.2, -0.15) is 0 Å². The van der Waals surface area contributed by atoms with Crippen molar-refractivity contribution >= 4 is 16.0 Å². The molecule has 0 bridgehead atoms. The van der Waals surface area contributed by atoms with Gasteiger partial charge in [0.05, 0.1) is 12.5 Å². The average Bonchev–Trinajstić information content (AvgIpc) is 2.92. The number of sulfonamides is 1. The van der Waals surface area contributed by atoms with E-state index >= 15 is 0 Å². The Bertz CT molecular complexity index is 632. The summed E-state index contributed by atoms with van der Waals surface area (Å²) in [5, 5.41) is 6.28. The summed E-state index contributed by atoms with van der Waals surface area (Å²) in [6.07, 6.45) is 3.54.